The number of halogens is 1. The second-order valence-corrected chi connectivity index (χ2v) is 11.6. The normalized spacial score (nSPS) is 20.6. The molecule has 0 aromatic heterocycles. The minimum atomic E-state index is -3.72. The monoisotopic (exact) mass is 455 g/mol. The number of benzene rings is 1. The molecule has 0 atom stereocenters. The number of nitrogens with zero attached hydrogens (tertiary/aromatic N) is 3. The van der Waals surface area contributed by atoms with Crippen molar-refractivity contribution in [3.05, 3.63) is 28.8 Å². The lowest BCUT2D eigenvalue weighted by Crippen LogP contribution is -2.44. The molecule has 2 aliphatic rings. The van der Waals surface area contributed by atoms with E-state index in [9.17, 15) is 13.2 Å². The molecule has 0 aliphatic carbocycles. The zero-order chi connectivity index (χ0) is 21.9. The molecule has 3 rings (SSSR count). The van der Waals surface area contributed by atoms with Crippen LogP contribution in [0.3, 0.4) is 0 Å². The minimum absolute atomic E-state index is 0.0445. The van der Waals surface area contributed by atoms with Crippen molar-refractivity contribution >= 4 is 27.5 Å². The average Bonchev–Trinajstić information content (AvgIpc) is 3.11. The third kappa shape index (κ3) is 5.36. The van der Waals surface area contributed by atoms with Gasteiger partial charge in [0, 0.05) is 50.4 Å². The van der Waals surface area contributed by atoms with E-state index in [-0.39, 0.29) is 21.4 Å². The SMILES string of the molecule is CC(C)(C)N1CCCN(C(=O)c2ccc(Cl)c(S(=O)(=O)N3CCCCCC3)c2)CC1. The Labute approximate surface area is 186 Å². The molecule has 1 amide bonds. The summed E-state index contributed by atoms with van der Waals surface area (Å²) in [7, 11) is -3.72. The van der Waals surface area contributed by atoms with Gasteiger partial charge in [-0.3, -0.25) is 9.69 Å². The van der Waals surface area contributed by atoms with Crippen LogP contribution in [0.15, 0.2) is 23.1 Å². The third-order valence-corrected chi connectivity index (χ3v) is 8.47. The van der Waals surface area contributed by atoms with Crippen LogP contribution < -0.4 is 0 Å². The third-order valence-electron chi connectivity index (χ3n) is 6.09. The van der Waals surface area contributed by atoms with Gasteiger partial charge in [-0.05, 0) is 58.2 Å². The van der Waals surface area contributed by atoms with Crippen LogP contribution in [0.25, 0.3) is 0 Å². The second-order valence-electron chi connectivity index (χ2n) is 9.27. The number of amides is 1. The van der Waals surface area contributed by atoms with Crippen molar-refractivity contribution in [3.8, 4) is 0 Å². The molecule has 1 aromatic rings. The molecule has 0 bridgehead atoms. The first kappa shape index (κ1) is 23.5. The quantitative estimate of drug-likeness (QED) is 0.694. The van der Waals surface area contributed by atoms with Crippen LogP contribution in [0.5, 0.6) is 0 Å². The molecule has 0 saturated carbocycles. The highest BCUT2D eigenvalue weighted by molar-refractivity contribution is 7.89. The van der Waals surface area contributed by atoms with Crippen LogP contribution >= 0.6 is 11.6 Å². The molecule has 6 nitrogen and oxygen atoms in total. The van der Waals surface area contributed by atoms with Crippen molar-refractivity contribution in [1.29, 1.82) is 0 Å². The Balaban J connectivity index is 1.81. The summed E-state index contributed by atoms with van der Waals surface area (Å²) in [5.74, 6) is -0.130. The maximum atomic E-state index is 13.2. The second kappa shape index (κ2) is 9.55. The van der Waals surface area contributed by atoms with E-state index < -0.39 is 10.0 Å². The van der Waals surface area contributed by atoms with E-state index >= 15 is 0 Å². The lowest BCUT2D eigenvalue weighted by Gasteiger charge is -2.34. The van der Waals surface area contributed by atoms with Crippen LogP contribution in [0.4, 0.5) is 0 Å². The van der Waals surface area contributed by atoms with Crippen LogP contribution in [-0.2, 0) is 10.0 Å². The molecule has 0 N–H and O–H groups in total. The van der Waals surface area contributed by atoms with Crippen molar-refractivity contribution in [2.75, 3.05) is 39.3 Å². The average molecular weight is 456 g/mol. The van der Waals surface area contributed by atoms with Gasteiger partial charge in [-0.2, -0.15) is 4.31 Å². The topological polar surface area (TPSA) is 60.9 Å². The van der Waals surface area contributed by atoms with Crippen LogP contribution in [-0.4, -0.2) is 73.2 Å². The molecule has 30 heavy (non-hydrogen) atoms. The number of carbonyl (C=O) groups is 1. The van der Waals surface area contributed by atoms with Gasteiger partial charge in [0.05, 0.1) is 5.02 Å². The van der Waals surface area contributed by atoms with E-state index in [4.69, 9.17) is 11.6 Å². The van der Waals surface area contributed by atoms with Gasteiger partial charge in [-0.25, -0.2) is 8.42 Å². The molecule has 0 radical (unpaired) electrons. The Hall–Kier alpha value is -1.15. The fourth-order valence-electron chi connectivity index (χ4n) is 4.23. The first-order valence-corrected chi connectivity index (χ1v) is 12.8. The van der Waals surface area contributed by atoms with Crippen molar-refractivity contribution < 1.29 is 13.2 Å². The van der Waals surface area contributed by atoms with Crippen molar-refractivity contribution in [1.82, 2.24) is 14.1 Å². The van der Waals surface area contributed by atoms with Gasteiger partial charge in [0.25, 0.3) is 5.91 Å². The summed E-state index contributed by atoms with van der Waals surface area (Å²) < 4.78 is 28.0. The van der Waals surface area contributed by atoms with Crippen molar-refractivity contribution in [3.63, 3.8) is 0 Å². The first-order valence-electron chi connectivity index (χ1n) is 10.9. The van der Waals surface area contributed by atoms with Crippen LogP contribution in [0.1, 0.15) is 63.2 Å². The van der Waals surface area contributed by atoms with Gasteiger partial charge in [0.2, 0.25) is 10.0 Å². The maximum Gasteiger partial charge on any atom is 0.253 e. The molecular formula is C22H34ClN3O3S. The maximum absolute atomic E-state index is 13.2. The smallest absolute Gasteiger partial charge is 0.253 e. The number of rotatable bonds is 3. The molecular weight excluding hydrogens is 422 g/mol. The van der Waals surface area contributed by atoms with Gasteiger partial charge in [0.15, 0.2) is 0 Å². The van der Waals surface area contributed by atoms with Crippen LogP contribution in [0, 0.1) is 0 Å². The highest BCUT2D eigenvalue weighted by Gasteiger charge is 2.30. The highest BCUT2D eigenvalue weighted by atomic mass is 35.5. The van der Waals surface area contributed by atoms with E-state index in [2.05, 4.69) is 25.7 Å². The lowest BCUT2D eigenvalue weighted by molar-refractivity contribution is 0.0749. The summed E-state index contributed by atoms with van der Waals surface area (Å²) in [6.45, 7) is 10.6. The van der Waals surface area contributed by atoms with Gasteiger partial charge in [-0.1, -0.05) is 24.4 Å². The largest absolute Gasteiger partial charge is 0.337 e. The molecule has 0 unspecified atom stereocenters. The highest BCUT2D eigenvalue weighted by Crippen LogP contribution is 2.28. The van der Waals surface area contributed by atoms with Gasteiger partial charge >= 0.3 is 0 Å². The van der Waals surface area contributed by atoms with E-state index in [1.165, 1.54) is 10.4 Å². The summed E-state index contributed by atoms with van der Waals surface area (Å²) in [6, 6.07) is 4.65. The molecule has 2 heterocycles. The van der Waals surface area contributed by atoms with Crippen molar-refractivity contribution in [2.24, 2.45) is 0 Å². The Morgan fingerprint density at radius 3 is 2.20 bits per heavy atom. The standard InChI is InChI=1S/C22H34ClN3O3S/c1-22(2,3)25-12-8-11-24(15-16-25)21(27)18-9-10-19(23)20(17-18)30(28,29)26-13-6-4-5-7-14-26/h9-10,17H,4-8,11-16H2,1-3H3. The molecule has 2 saturated heterocycles. The van der Waals surface area contributed by atoms with Crippen molar-refractivity contribution in [2.45, 2.75) is 63.3 Å². The summed E-state index contributed by atoms with van der Waals surface area (Å²) in [5, 5.41) is 0.172. The number of hydrogen-bond acceptors (Lipinski definition) is 4. The van der Waals surface area contributed by atoms with E-state index in [0.717, 1.165) is 45.2 Å². The number of sulfonamides is 1. The fraction of sp³-hybridized carbons (Fsp3) is 0.682. The predicted octanol–water partition coefficient (Wildman–Crippen LogP) is 3.85. The number of hydrogen-bond donors (Lipinski definition) is 0. The van der Waals surface area contributed by atoms with Crippen LogP contribution in [0.2, 0.25) is 5.02 Å². The van der Waals surface area contributed by atoms with E-state index in [1.807, 2.05) is 4.90 Å². The minimum Gasteiger partial charge on any atom is -0.337 e. The van der Waals surface area contributed by atoms with Gasteiger partial charge in [-0.15, -0.1) is 0 Å². The zero-order valence-corrected chi connectivity index (χ0v) is 19.9. The first-order chi connectivity index (χ1) is 14.1. The summed E-state index contributed by atoms with van der Waals surface area (Å²) in [6.07, 6.45) is 4.69. The summed E-state index contributed by atoms with van der Waals surface area (Å²) >= 11 is 6.29. The Kier molecular flexibility index (Phi) is 7.49. The van der Waals surface area contributed by atoms with Gasteiger partial charge in [0.1, 0.15) is 4.90 Å². The molecule has 168 valence electrons. The lowest BCUT2D eigenvalue weighted by atomic mass is 10.1. The van der Waals surface area contributed by atoms with E-state index in [0.29, 0.717) is 31.7 Å². The zero-order valence-electron chi connectivity index (χ0n) is 18.4. The fourth-order valence-corrected chi connectivity index (χ4v) is 6.25. The Morgan fingerprint density at radius 1 is 0.900 bits per heavy atom. The summed E-state index contributed by atoms with van der Waals surface area (Å²) in [5.41, 5.74) is 0.449. The molecule has 1 aromatic carbocycles. The summed E-state index contributed by atoms with van der Waals surface area (Å²) in [4.78, 5) is 17.4. The molecule has 8 heteroatoms. The molecule has 0 spiro atoms. The van der Waals surface area contributed by atoms with E-state index in [1.54, 1.807) is 12.1 Å². The predicted molar refractivity (Wildman–Crippen MR) is 121 cm³/mol. The Morgan fingerprint density at radius 2 is 1.57 bits per heavy atom. The molecule has 2 fully saturated rings. The molecule has 2 aliphatic heterocycles. The van der Waals surface area contributed by atoms with Gasteiger partial charge < -0.3 is 4.90 Å². The Bertz CT molecular complexity index is 859. The number of carbonyl (C=O) groups excluding carboxylic acids is 1.